The fourth-order valence-corrected chi connectivity index (χ4v) is 3.16. The van der Waals surface area contributed by atoms with Gasteiger partial charge in [0.05, 0.1) is 13.2 Å². The van der Waals surface area contributed by atoms with Gasteiger partial charge in [0.1, 0.15) is 0 Å². The molecular weight excluding hydrogens is 340 g/mol. The standard InChI is InChI=1S/C22H36O3Si/c1-18(15-25-26(6,7)22(3,4)5)13-14-21(23)19(2)16-24-17-20-11-9-8-10-12-20/h8-14,18-19H,15-17H2,1-7H3/b14-13+/t18-,19-/m1/s1. The predicted octanol–water partition coefficient (Wildman–Crippen LogP) is 5.62. The maximum atomic E-state index is 12.3. The molecule has 1 aromatic carbocycles. The molecule has 1 aromatic rings. The Kier molecular flexibility index (Phi) is 8.94. The molecule has 0 aromatic heterocycles. The lowest BCUT2D eigenvalue weighted by Crippen LogP contribution is -2.41. The lowest BCUT2D eigenvalue weighted by Gasteiger charge is -2.36. The maximum absolute atomic E-state index is 12.3. The quantitative estimate of drug-likeness (QED) is 0.392. The average Bonchev–Trinajstić information content (AvgIpc) is 2.57. The van der Waals surface area contributed by atoms with Gasteiger partial charge in [-0.2, -0.15) is 0 Å². The molecule has 0 aliphatic heterocycles. The van der Waals surface area contributed by atoms with Crippen molar-refractivity contribution < 1.29 is 14.0 Å². The van der Waals surface area contributed by atoms with Crippen molar-refractivity contribution in [1.29, 1.82) is 0 Å². The topological polar surface area (TPSA) is 35.5 Å². The monoisotopic (exact) mass is 376 g/mol. The number of hydrogen-bond acceptors (Lipinski definition) is 3. The van der Waals surface area contributed by atoms with E-state index in [9.17, 15) is 4.79 Å². The lowest BCUT2D eigenvalue weighted by atomic mass is 10.1. The average molecular weight is 377 g/mol. The van der Waals surface area contributed by atoms with Crippen molar-refractivity contribution in [2.45, 2.75) is 59.4 Å². The minimum atomic E-state index is -1.73. The van der Waals surface area contributed by atoms with Gasteiger partial charge in [-0.25, -0.2) is 0 Å². The molecule has 0 bridgehead atoms. The Bertz CT molecular complexity index is 573. The van der Waals surface area contributed by atoms with Crippen LogP contribution in [0, 0.1) is 11.8 Å². The minimum absolute atomic E-state index is 0.109. The van der Waals surface area contributed by atoms with Crippen molar-refractivity contribution in [3.05, 3.63) is 48.0 Å². The molecule has 3 nitrogen and oxygen atoms in total. The summed E-state index contributed by atoms with van der Waals surface area (Å²) in [5, 5.41) is 0.205. The molecule has 0 aliphatic carbocycles. The number of allylic oxidation sites excluding steroid dienone is 1. The van der Waals surface area contributed by atoms with Crippen LogP contribution in [0.3, 0.4) is 0 Å². The molecule has 0 heterocycles. The van der Waals surface area contributed by atoms with E-state index in [1.807, 2.05) is 43.3 Å². The summed E-state index contributed by atoms with van der Waals surface area (Å²) >= 11 is 0. The van der Waals surface area contributed by atoms with Gasteiger partial charge in [0.15, 0.2) is 14.1 Å². The Labute approximate surface area is 160 Å². The highest BCUT2D eigenvalue weighted by Crippen LogP contribution is 2.36. The molecule has 2 atom stereocenters. The molecule has 0 spiro atoms. The third kappa shape index (κ3) is 7.98. The van der Waals surface area contributed by atoms with Gasteiger partial charge in [0.2, 0.25) is 0 Å². The lowest BCUT2D eigenvalue weighted by molar-refractivity contribution is -0.119. The molecule has 0 radical (unpaired) electrons. The Hall–Kier alpha value is -1.23. The largest absolute Gasteiger partial charge is 0.416 e. The van der Waals surface area contributed by atoms with Crippen molar-refractivity contribution in [3.63, 3.8) is 0 Å². The fourth-order valence-electron chi connectivity index (χ4n) is 2.05. The zero-order valence-corrected chi connectivity index (χ0v) is 18.5. The SMILES string of the molecule is C[C@H](/C=C/C(=O)[C@H](C)COCc1ccccc1)CO[Si](C)(C)C(C)(C)C. The van der Waals surface area contributed by atoms with Crippen LogP contribution < -0.4 is 0 Å². The second kappa shape index (κ2) is 10.2. The number of ether oxygens (including phenoxy) is 1. The van der Waals surface area contributed by atoms with E-state index in [1.54, 1.807) is 6.08 Å². The van der Waals surface area contributed by atoms with E-state index in [-0.39, 0.29) is 22.7 Å². The van der Waals surface area contributed by atoms with Gasteiger partial charge < -0.3 is 9.16 Å². The number of rotatable bonds is 10. The molecular formula is C22H36O3Si. The Balaban J connectivity index is 2.35. The maximum Gasteiger partial charge on any atom is 0.192 e. The van der Waals surface area contributed by atoms with Crippen LogP contribution in [0.25, 0.3) is 0 Å². The van der Waals surface area contributed by atoms with Crippen LogP contribution >= 0.6 is 0 Å². The highest BCUT2D eigenvalue weighted by Gasteiger charge is 2.37. The molecule has 146 valence electrons. The Morgan fingerprint density at radius 3 is 2.31 bits per heavy atom. The molecule has 4 heteroatoms. The highest BCUT2D eigenvalue weighted by molar-refractivity contribution is 6.74. The second-order valence-electron chi connectivity index (χ2n) is 8.71. The van der Waals surface area contributed by atoms with Crippen LogP contribution in [0.5, 0.6) is 0 Å². The summed E-state index contributed by atoms with van der Waals surface area (Å²) in [6.45, 7) is 16.9. The first-order valence-corrected chi connectivity index (χ1v) is 12.4. The van der Waals surface area contributed by atoms with Crippen LogP contribution in [-0.4, -0.2) is 27.3 Å². The fraction of sp³-hybridized carbons (Fsp3) is 0.591. The third-order valence-corrected chi connectivity index (χ3v) is 9.57. The first-order valence-electron chi connectivity index (χ1n) is 9.50. The van der Waals surface area contributed by atoms with Gasteiger partial charge >= 0.3 is 0 Å². The molecule has 1 rings (SSSR count). The first kappa shape index (κ1) is 22.8. The van der Waals surface area contributed by atoms with Crippen molar-refractivity contribution in [2.24, 2.45) is 11.8 Å². The van der Waals surface area contributed by atoms with Gasteiger partial charge in [-0.3, -0.25) is 4.79 Å². The van der Waals surface area contributed by atoms with Crippen molar-refractivity contribution in [3.8, 4) is 0 Å². The Morgan fingerprint density at radius 1 is 1.12 bits per heavy atom. The molecule has 0 aliphatic rings. The second-order valence-corrected chi connectivity index (χ2v) is 13.5. The number of benzene rings is 1. The van der Waals surface area contributed by atoms with E-state index in [0.717, 1.165) is 5.56 Å². The zero-order valence-electron chi connectivity index (χ0n) is 17.5. The number of carbonyl (C=O) groups is 1. The summed E-state index contributed by atoms with van der Waals surface area (Å²) in [7, 11) is -1.73. The summed E-state index contributed by atoms with van der Waals surface area (Å²) in [6.07, 6.45) is 3.65. The van der Waals surface area contributed by atoms with Crippen LogP contribution in [0.4, 0.5) is 0 Å². The summed E-state index contributed by atoms with van der Waals surface area (Å²) in [5.41, 5.74) is 1.12. The first-order chi connectivity index (χ1) is 12.0. The van der Waals surface area contributed by atoms with E-state index in [0.29, 0.717) is 19.8 Å². The molecule has 26 heavy (non-hydrogen) atoms. The van der Waals surface area contributed by atoms with Crippen molar-refractivity contribution in [2.75, 3.05) is 13.2 Å². The zero-order chi connectivity index (χ0) is 19.8. The molecule has 0 N–H and O–H groups in total. The van der Waals surface area contributed by atoms with Gasteiger partial charge in [-0.1, -0.05) is 71.0 Å². The Morgan fingerprint density at radius 2 is 1.73 bits per heavy atom. The van der Waals surface area contributed by atoms with Gasteiger partial charge in [-0.15, -0.1) is 0 Å². The van der Waals surface area contributed by atoms with E-state index in [4.69, 9.17) is 9.16 Å². The van der Waals surface area contributed by atoms with Crippen LogP contribution in [0.15, 0.2) is 42.5 Å². The number of carbonyl (C=O) groups excluding carboxylic acids is 1. The van der Waals surface area contributed by atoms with Crippen LogP contribution in [-0.2, 0) is 20.6 Å². The van der Waals surface area contributed by atoms with Gasteiger partial charge in [0.25, 0.3) is 0 Å². The minimum Gasteiger partial charge on any atom is -0.416 e. The van der Waals surface area contributed by atoms with Gasteiger partial charge in [-0.05, 0) is 35.7 Å². The molecule has 0 fully saturated rings. The van der Waals surface area contributed by atoms with E-state index < -0.39 is 8.32 Å². The van der Waals surface area contributed by atoms with E-state index in [2.05, 4.69) is 40.8 Å². The van der Waals surface area contributed by atoms with E-state index >= 15 is 0 Å². The van der Waals surface area contributed by atoms with E-state index in [1.165, 1.54) is 0 Å². The number of hydrogen-bond donors (Lipinski definition) is 0. The molecule has 0 amide bonds. The predicted molar refractivity (Wildman–Crippen MR) is 112 cm³/mol. The van der Waals surface area contributed by atoms with Crippen LogP contribution in [0.1, 0.15) is 40.2 Å². The normalized spacial score (nSPS) is 15.2. The number of ketones is 1. The van der Waals surface area contributed by atoms with Gasteiger partial charge in [0, 0.05) is 12.5 Å². The summed E-state index contributed by atoms with van der Waals surface area (Å²) in [5.74, 6) is 0.200. The summed E-state index contributed by atoms with van der Waals surface area (Å²) < 4.78 is 11.9. The summed E-state index contributed by atoms with van der Waals surface area (Å²) in [4.78, 5) is 12.3. The molecule has 0 saturated heterocycles. The van der Waals surface area contributed by atoms with Crippen LogP contribution in [0.2, 0.25) is 18.1 Å². The molecule has 0 unspecified atom stereocenters. The van der Waals surface area contributed by atoms with Crippen molar-refractivity contribution >= 4 is 14.1 Å². The highest BCUT2D eigenvalue weighted by atomic mass is 28.4. The molecule has 0 saturated carbocycles. The third-order valence-electron chi connectivity index (χ3n) is 5.07. The van der Waals surface area contributed by atoms with Crippen molar-refractivity contribution in [1.82, 2.24) is 0 Å². The smallest absolute Gasteiger partial charge is 0.192 e. The summed E-state index contributed by atoms with van der Waals surface area (Å²) in [6, 6.07) is 10.0.